The summed E-state index contributed by atoms with van der Waals surface area (Å²) in [5.74, 6) is 0.0139. The van der Waals surface area contributed by atoms with Crippen LogP contribution in [0.4, 0.5) is 5.69 Å². The van der Waals surface area contributed by atoms with Crippen molar-refractivity contribution in [3.05, 3.63) is 98.5 Å². The normalized spacial score (nSPS) is 11.0. The van der Waals surface area contributed by atoms with Crippen molar-refractivity contribution in [3.8, 4) is 11.8 Å². The van der Waals surface area contributed by atoms with E-state index in [0.29, 0.717) is 33.7 Å². The van der Waals surface area contributed by atoms with Gasteiger partial charge in [0.15, 0.2) is 0 Å². The Morgan fingerprint density at radius 1 is 1.06 bits per heavy atom. The van der Waals surface area contributed by atoms with E-state index in [1.807, 2.05) is 50.2 Å². The number of ether oxygens (including phenoxy) is 1. The molecule has 3 aromatic rings. The van der Waals surface area contributed by atoms with Crippen LogP contribution in [0.15, 0.2) is 66.2 Å². The summed E-state index contributed by atoms with van der Waals surface area (Å²) in [6, 6.07) is 20.0. The van der Waals surface area contributed by atoms with Gasteiger partial charge in [-0.2, -0.15) is 5.26 Å². The molecule has 0 aromatic heterocycles. The number of benzene rings is 3. The Labute approximate surface area is 191 Å². The molecule has 4 nitrogen and oxygen atoms in total. The lowest BCUT2D eigenvalue weighted by atomic mass is 10.1. The molecule has 156 valence electrons. The van der Waals surface area contributed by atoms with E-state index in [1.165, 1.54) is 6.08 Å². The zero-order valence-corrected chi connectivity index (χ0v) is 18.6. The second-order valence-electron chi connectivity index (χ2n) is 7.03. The fourth-order valence-corrected chi connectivity index (χ4v) is 3.30. The van der Waals surface area contributed by atoms with Gasteiger partial charge < -0.3 is 10.1 Å². The highest BCUT2D eigenvalue weighted by molar-refractivity contribution is 6.32. The van der Waals surface area contributed by atoms with Crippen molar-refractivity contribution in [3.63, 3.8) is 0 Å². The first-order chi connectivity index (χ1) is 14.9. The minimum absolute atomic E-state index is 0.0260. The maximum absolute atomic E-state index is 12.5. The van der Waals surface area contributed by atoms with Crippen molar-refractivity contribution in [1.82, 2.24) is 0 Å². The Kier molecular flexibility index (Phi) is 7.36. The van der Waals surface area contributed by atoms with E-state index in [0.717, 1.165) is 16.7 Å². The molecule has 6 heteroatoms. The molecular formula is C25H20Cl2N2O2. The second-order valence-corrected chi connectivity index (χ2v) is 7.88. The van der Waals surface area contributed by atoms with Crippen molar-refractivity contribution in [2.75, 3.05) is 5.32 Å². The van der Waals surface area contributed by atoms with Crippen LogP contribution < -0.4 is 10.1 Å². The lowest BCUT2D eigenvalue weighted by molar-refractivity contribution is -0.112. The quantitative estimate of drug-likeness (QED) is 0.334. The number of anilines is 1. The summed E-state index contributed by atoms with van der Waals surface area (Å²) in [5.41, 5.74) is 4.33. The van der Waals surface area contributed by atoms with Gasteiger partial charge in [-0.1, -0.05) is 47.5 Å². The van der Waals surface area contributed by atoms with Crippen LogP contribution in [0, 0.1) is 25.2 Å². The molecule has 0 aliphatic rings. The number of nitrogens with zero attached hydrogens (tertiary/aromatic N) is 1. The Morgan fingerprint density at radius 3 is 2.55 bits per heavy atom. The summed E-state index contributed by atoms with van der Waals surface area (Å²) in [6.45, 7) is 4.27. The summed E-state index contributed by atoms with van der Waals surface area (Å²) in [6.07, 6.45) is 1.49. The molecule has 0 radical (unpaired) electrons. The SMILES string of the molecule is Cc1ccc(NC(=O)/C(C#N)=C/c2ccc(OCc3cccc(Cl)c3)c(Cl)c2)cc1C. The average Bonchev–Trinajstić information content (AvgIpc) is 2.74. The highest BCUT2D eigenvalue weighted by Crippen LogP contribution is 2.27. The first-order valence-electron chi connectivity index (χ1n) is 9.53. The van der Waals surface area contributed by atoms with Crippen LogP contribution in [0.5, 0.6) is 5.75 Å². The summed E-state index contributed by atoms with van der Waals surface area (Å²) >= 11 is 12.3. The number of halogens is 2. The predicted molar refractivity (Wildman–Crippen MR) is 125 cm³/mol. The van der Waals surface area contributed by atoms with Crippen molar-refractivity contribution >= 4 is 40.9 Å². The highest BCUT2D eigenvalue weighted by Gasteiger charge is 2.11. The van der Waals surface area contributed by atoms with Crippen LogP contribution in [0.2, 0.25) is 10.0 Å². The third-order valence-electron chi connectivity index (χ3n) is 4.68. The largest absolute Gasteiger partial charge is 0.487 e. The van der Waals surface area contributed by atoms with Crippen molar-refractivity contribution in [2.45, 2.75) is 20.5 Å². The lowest BCUT2D eigenvalue weighted by Gasteiger charge is -2.09. The molecule has 0 atom stereocenters. The molecule has 0 unspecified atom stereocenters. The molecule has 0 fully saturated rings. The van der Waals surface area contributed by atoms with Gasteiger partial charge in [-0.25, -0.2) is 0 Å². The highest BCUT2D eigenvalue weighted by atomic mass is 35.5. The number of carbonyl (C=O) groups excluding carboxylic acids is 1. The van der Waals surface area contributed by atoms with Crippen LogP contribution in [0.25, 0.3) is 6.08 Å². The molecule has 0 aliphatic carbocycles. The average molecular weight is 451 g/mol. The van der Waals surface area contributed by atoms with Crippen molar-refractivity contribution in [1.29, 1.82) is 5.26 Å². The van der Waals surface area contributed by atoms with E-state index >= 15 is 0 Å². The third-order valence-corrected chi connectivity index (χ3v) is 5.21. The van der Waals surface area contributed by atoms with Gasteiger partial charge in [-0.15, -0.1) is 0 Å². The number of amides is 1. The molecule has 0 spiro atoms. The van der Waals surface area contributed by atoms with E-state index in [4.69, 9.17) is 27.9 Å². The molecule has 0 saturated heterocycles. The minimum Gasteiger partial charge on any atom is -0.487 e. The Bertz CT molecular complexity index is 1200. The van der Waals surface area contributed by atoms with E-state index in [9.17, 15) is 10.1 Å². The maximum atomic E-state index is 12.5. The van der Waals surface area contributed by atoms with E-state index in [2.05, 4.69) is 5.32 Å². The Morgan fingerprint density at radius 2 is 1.87 bits per heavy atom. The first kappa shape index (κ1) is 22.4. The van der Waals surface area contributed by atoms with Crippen LogP contribution in [0.1, 0.15) is 22.3 Å². The van der Waals surface area contributed by atoms with Gasteiger partial charge in [0.2, 0.25) is 0 Å². The number of hydrogen-bond donors (Lipinski definition) is 1. The van der Waals surface area contributed by atoms with Gasteiger partial charge in [0.1, 0.15) is 24.0 Å². The number of rotatable bonds is 6. The Balaban J connectivity index is 1.71. The smallest absolute Gasteiger partial charge is 0.266 e. The molecule has 31 heavy (non-hydrogen) atoms. The Hall–Kier alpha value is -3.26. The zero-order chi connectivity index (χ0) is 22.4. The van der Waals surface area contributed by atoms with Gasteiger partial charge in [-0.05, 0) is 78.6 Å². The molecule has 3 aromatic carbocycles. The molecular weight excluding hydrogens is 431 g/mol. The van der Waals surface area contributed by atoms with Gasteiger partial charge in [0, 0.05) is 10.7 Å². The third kappa shape index (κ3) is 6.11. The van der Waals surface area contributed by atoms with Gasteiger partial charge >= 0.3 is 0 Å². The minimum atomic E-state index is -0.483. The number of nitrogens with one attached hydrogen (secondary N) is 1. The number of hydrogen-bond acceptors (Lipinski definition) is 3. The van der Waals surface area contributed by atoms with E-state index in [1.54, 1.807) is 30.3 Å². The number of carbonyl (C=O) groups is 1. The van der Waals surface area contributed by atoms with Crippen LogP contribution in [-0.4, -0.2) is 5.91 Å². The van der Waals surface area contributed by atoms with Crippen molar-refractivity contribution in [2.24, 2.45) is 0 Å². The standard InChI is InChI=1S/C25H20Cl2N2O2/c1-16-6-8-22(10-17(16)2)29-25(30)20(14-28)11-18-7-9-24(23(27)13-18)31-15-19-4-3-5-21(26)12-19/h3-13H,15H2,1-2H3,(H,29,30)/b20-11+. The van der Waals surface area contributed by atoms with Crippen LogP contribution in [-0.2, 0) is 11.4 Å². The fraction of sp³-hybridized carbons (Fsp3) is 0.120. The predicted octanol–water partition coefficient (Wildman–Crippen LogP) is 6.73. The van der Waals surface area contributed by atoms with Crippen LogP contribution >= 0.6 is 23.2 Å². The second kappa shape index (κ2) is 10.2. The lowest BCUT2D eigenvalue weighted by Crippen LogP contribution is -2.13. The topological polar surface area (TPSA) is 62.1 Å². The molecule has 0 bridgehead atoms. The molecule has 3 rings (SSSR count). The molecule has 0 heterocycles. The maximum Gasteiger partial charge on any atom is 0.266 e. The summed E-state index contributed by atoms with van der Waals surface area (Å²) < 4.78 is 5.76. The molecule has 0 aliphatic heterocycles. The van der Waals surface area contributed by atoms with E-state index in [-0.39, 0.29) is 5.57 Å². The fourth-order valence-electron chi connectivity index (χ4n) is 2.84. The van der Waals surface area contributed by atoms with E-state index < -0.39 is 5.91 Å². The first-order valence-corrected chi connectivity index (χ1v) is 10.3. The van der Waals surface area contributed by atoms with Gasteiger partial charge in [0.25, 0.3) is 5.91 Å². The molecule has 1 N–H and O–H groups in total. The molecule has 0 saturated carbocycles. The number of nitriles is 1. The summed E-state index contributed by atoms with van der Waals surface area (Å²) in [5, 5.41) is 13.2. The number of aryl methyl sites for hydroxylation is 2. The summed E-state index contributed by atoms with van der Waals surface area (Å²) in [4.78, 5) is 12.5. The van der Waals surface area contributed by atoms with Crippen LogP contribution in [0.3, 0.4) is 0 Å². The van der Waals surface area contributed by atoms with Crippen molar-refractivity contribution < 1.29 is 9.53 Å². The van der Waals surface area contributed by atoms with Gasteiger partial charge in [-0.3, -0.25) is 4.79 Å². The zero-order valence-electron chi connectivity index (χ0n) is 17.1. The van der Waals surface area contributed by atoms with Gasteiger partial charge in [0.05, 0.1) is 5.02 Å². The summed E-state index contributed by atoms with van der Waals surface area (Å²) in [7, 11) is 0. The molecule has 1 amide bonds. The monoisotopic (exact) mass is 450 g/mol.